The maximum Gasteiger partial charge on any atom is 0.0778 e. The molecule has 0 atom stereocenters. The van der Waals surface area contributed by atoms with E-state index >= 15 is 0 Å². The van der Waals surface area contributed by atoms with Crippen LogP contribution in [0.5, 0.6) is 0 Å². The van der Waals surface area contributed by atoms with E-state index in [-0.39, 0.29) is 6.61 Å². The molecule has 1 N–H and O–H groups in total. The fourth-order valence-corrected chi connectivity index (χ4v) is 2.53. The topological polar surface area (TPSA) is 20.2 Å². The number of halogens is 4. The van der Waals surface area contributed by atoms with Gasteiger partial charge in [0.05, 0.1) is 26.7 Å². The Morgan fingerprint density at radius 3 is 2.06 bits per heavy atom. The highest BCUT2D eigenvalue weighted by atomic mass is 35.5. The average molecular weight is 322 g/mol. The summed E-state index contributed by atoms with van der Waals surface area (Å²) in [6.45, 7) is -0.123. The Labute approximate surface area is 125 Å². The van der Waals surface area contributed by atoms with Gasteiger partial charge in [-0.3, -0.25) is 0 Å². The molecule has 1 nitrogen and oxygen atoms in total. The zero-order valence-corrected chi connectivity index (χ0v) is 12.1. The lowest BCUT2D eigenvalue weighted by Gasteiger charge is -2.10. The number of aliphatic hydroxyl groups excluding tert-OH is 1. The standard InChI is InChI=1S/C13H8Cl4O/c14-10-4-8(5-11(15)13(10)17)9-3-1-2-7(6-18)12(9)16/h1-5,18H,6H2. The monoisotopic (exact) mass is 320 g/mol. The van der Waals surface area contributed by atoms with Crippen molar-refractivity contribution in [2.75, 3.05) is 0 Å². The number of aliphatic hydroxyl groups is 1. The second-order valence-corrected chi connectivity index (χ2v) is 5.26. The molecule has 0 saturated heterocycles. The van der Waals surface area contributed by atoms with E-state index < -0.39 is 0 Å². The van der Waals surface area contributed by atoms with Crippen LogP contribution >= 0.6 is 46.4 Å². The first kappa shape index (κ1) is 14.0. The smallest absolute Gasteiger partial charge is 0.0778 e. The SMILES string of the molecule is OCc1cccc(-c2cc(Cl)c(Cl)c(Cl)c2)c1Cl. The van der Waals surface area contributed by atoms with E-state index in [9.17, 15) is 5.11 Å². The molecule has 18 heavy (non-hydrogen) atoms. The number of hydrogen-bond donors (Lipinski definition) is 1. The van der Waals surface area contributed by atoms with Crippen LogP contribution in [-0.2, 0) is 6.61 Å². The minimum atomic E-state index is -0.123. The highest BCUT2D eigenvalue weighted by molar-refractivity contribution is 6.48. The third kappa shape index (κ3) is 2.61. The quantitative estimate of drug-likeness (QED) is 0.728. The van der Waals surface area contributed by atoms with E-state index in [0.717, 1.165) is 11.1 Å². The first-order valence-electron chi connectivity index (χ1n) is 5.07. The van der Waals surface area contributed by atoms with Crippen LogP contribution < -0.4 is 0 Å². The second kappa shape index (κ2) is 5.68. The van der Waals surface area contributed by atoms with Gasteiger partial charge in [0, 0.05) is 5.56 Å². The Morgan fingerprint density at radius 2 is 1.50 bits per heavy atom. The van der Waals surface area contributed by atoms with Crippen LogP contribution in [0.25, 0.3) is 11.1 Å². The fourth-order valence-electron chi connectivity index (χ4n) is 1.64. The number of benzene rings is 2. The molecule has 0 aliphatic carbocycles. The first-order chi connectivity index (χ1) is 8.54. The second-order valence-electron chi connectivity index (χ2n) is 3.69. The van der Waals surface area contributed by atoms with Crippen molar-refractivity contribution in [1.82, 2.24) is 0 Å². The average Bonchev–Trinajstić information content (AvgIpc) is 2.35. The van der Waals surface area contributed by atoms with Gasteiger partial charge >= 0.3 is 0 Å². The largest absolute Gasteiger partial charge is 0.392 e. The van der Waals surface area contributed by atoms with E-state index in [0.29, 0.717) is 25.7 Å². The lowest BCUT2D eigenvalue weighted by atomic mass is 10.0. The number of hydrogen-bond acceptors (Lipinski definition) is 1. The van der Waals surface area contributed by atoms with Gasteiger partial charge in [0.2, 0.25) is 0 Å². The molecule has 2 aromatic rings. The Bertz CT molecular complexity index is 573. The van der Waals surface area contributed by atoms with Crippen molar-refractivity contribution in [3.8, 4) is 11.1 Å². The molecule has 94 valence electrons. The summed E-state index contributed by atoms with van der Waals surface area (Å²) in [7, 11) is 0. The molecule has 0 fully saturated rings. The van der Waals surface area contributed by atoms with E-state index in [4.69, 9.17) is 46.4 Å². The van der Waals surface area contributed by atoms with Gasteiger partial charge in [0.1, 0.15) is 0 Å². The van der Waals surface area contributed by atoms with Gasteiger partial charge in [-0.25, -0.2) is 0 Å². The van der Waals surface area contributed by atoms with Crippen molar-refractivity contribution in [1.29, 1.82) is 0 Å². The maximum atomic E-state index is 9.19. The molecule has 0 spiro atoms. The molecule has 0 heterocycles. The van der Waals surface area contributed by atoms with Crippen molar-refractivity contribution in [2.45, 2.75) is 6.61 Å². The number of rotatable bonds is 2. The fraction of sp³-hybridized carbons (Fsp3) is 0.0769. The van der Waals surface area contributed by atoms with Crippen LogP contribution in [0.15, 0.2) is 30.3 Å². The molecule has 2 rings (SSSR count). The summed E-state index contributed by atoms with van der Waals surface area (Å²) in [6.07, 6.45) is 0. The van der Waals surface area contributed by atoms with Crippen molar-refractivity contribution < 1.29 is 5.11 Å². The first-order valence-corrected chi connectivity index (χ1v) is 6.59. The molecule has 5 heteroatoms. The summed E-state index contributed by atoms with van der Waals surface area (Å²) in [5, 5.41) is 10.7. The summed E-state index contributed by atoms with van der Waals surface area (Å²) in [4.78, 5) is 0. The van der Waals surface area contributed by atoms with Crippen LogP contribution in [0.4, 0.5) is 0 Å². The van der Waals surface area contributed by atoms with Crippen LogP contribution in [0, 0.1) is 0 Å². The highest BCUT2D eigenvalue weighted by Crippen LogP contribution is 2.38. The predicted octanol–water partition coefficient (Wildman–Crippen LogP) is 5.46. The third-order valence-corrected chi connectivity index (χ3v) is 4.19. The van der Waals surface area contributed by atoms with Crippen LogP contribution in [-0.4, -0.2) is 5.11 Å². The lowest BCUT2D eigenvalue weighted by Crippen LogP contribution is -1.88. The lowest BCUT2D eigenvalue weighted by molar-refractivity contribution is 0.282. The maximum absolute atomic E-state index is 9.19. The Balaban J connectivity index is 2.62. The summed E-state index contributed by atoms with van der Waals surface area (Å²) in [6, 6.07) is 8.78. The van der Waals surface area contributed by atoms with E-state index in [1.54, 1.807) is 18.2 Å². The summed E-state index contributed by atoms with van der Waals surface area (Å²) in [5.74, 6) is 0. The molecule has 0 aliphatic heterocycles. The normalized spacial score (nSPS) is 10.7. The van der Waals surface area contributed by atoms with Gasteiger partial charge in [0.25, 0.3) is 0 Å². The van der Waals surface area contributed by atoms with Crippen molar-refractivity contribution in [3.05, 3.63) is 56.0 Å². The molecule has 0 unspecified atom stereocenters. The van der Waals surface area contributed by atoms with E-state index in [1.165, 1.54) is 0 Å². The molecule has 0 bridgehead atoms. The summed E-state index contributed by atoms with van der Waals surface area (Å²) in [5.41, 5.74) is 2.16. The molecular formula is C13H8Cl4O. The zero-order valence-electron chi connectivity index (χ0n) is 9.05. The summed E-state index contributed by atoms with van der Waals surface area (Å²) < 4.78 is 0. The van der Waals surface area contributed by atoms with E-state index in [1.807, 2.05) is 12.1 Å². The van der Waals surface area contributed by atoms with Crippen LogP contribution in [0.2, 0.25) is 20.1 Å². The van der Waals surface area contributed by atoms with Gasteiger partial charge in [-0.15, -0.1) is 0 Å². The molecule has 0 aromatic heterocycles. The minimum Gasteiger partial charge on any atom is -0.392 e. The van der Waals surface area contributed by atoms with Crippen LogP contribution in [0.1, 0.15) is 5.56 Å². The Kier molecular flexibility index (Phi) is 4.41. The van der Waals surface area contributed by atoms with Crippen molar-refractivity contribution in [2.24, 2.45) is 0 Å². The highest BCUT2D eigenvalue weighted by Gasteiger charge is 2.11. The minimum absolute atomic E-state index is 0.123. The Morgan fingerprint density at radius 1 is 0.889 bits per heavy atom. The van der Waals surface area contributed by atoms with Crippen molar-refractivity contribution in [3.63, 3.8) is 0 Å². The van der Waals surface area contributed by atoms with E-state index in [2.05, 4.69) is 0 Å². The zero-order chi connectivity index (χ0) is 13.3. The molecule has 0 saturated carbocycles. The molecule has 0 radical (unpaired) electrons. The molecule has 0 aliphatic rings. The van der Waals surface area contributed by atoms with Gasteiger partial charge < -0.3 is 5.11 Å². The molecule has 2 aromatic carbocycles. The van der Waals surface area contributed by atoms with Crippen LogP contribution in [0.3, 0.4) is 0 Å². The predicted molar refractivity (Wildman–Crippen MR) is 77.8 cm³/mol. The van der Waals surface area contributed by atoms with Gasteiger partial charge in [-0.05, 0) is 23.3 Å². The summed E-state index contributed by atoms with van der Waals surface area (Å²) >= 11 is 24.1. The van der Waals surface area contributed by atoms with Crippen molar-refractivity contribution >= 4 is 46.4 Å². The van der Waals surface area contributed by atoms with Gasteiger partial charge in [-0.2, -0.15) is 0 Å². The Hall–Kier alpha value is -0.440. The van der Waals surface area contributed by atoms with Gasteiger partial charge in [0.15, 0.2) is 0 Å². The van der Waals surface area contributed by atoms with Gasteiger partial charge in [-0.1, -0.05) is 64.6 Å². The molecular weight excluding hydrogens is 314 g/mol. The molecule has 0 amide bonds. The third-order valence-electron chi connectivity index (χ3n) is 2.54.